The van der Waals surface area contributed by atoms with Gasteiger partial charge < -0.3 is 5.32 Å². The summed E-state index contributed by atoms with van der Waals surface area (Å²) in [6.07, 6.45) is 0. The molecule has 0 spiro atoms. The summed E-state index contributed by atoms with van der Waals surface area (Å²) in [4.78, 5) is 12.5. The van der Waals surface area contributed by atoms with Crippen LogP contribution in [0, 0.1) is 26.7 Å². The van der Waals surface area contributed by atoms with Crippen LogP contribution in [0.1, 0.15) is 30.5 Å². The number of piperazine rings is 1. The highest BCUT2D eigenvalue weighted by molar-refractivity contribution is 7.89. The van der Waals surface area contributed by atoms with E-state index in [4.69, 9.17) is 0 Å². The Hall–Kier alpha value is -1.40. The number of rotatable bonds is 3. The highest BCUT2D eigenvalue weighted by atomic mass is 32.2. The standard InChI is InChI=1S/C16H24N2O3S/c1-10(2)14-16(19)17-6-7-18(14)22(20,21)15-12(4)8-11(3)9-13(15)5/h8-10,14H,6-7H2,1-5H3,(H,17,19). The molecule has 1 unspecified atom stereocenters. The van der Waals surface area contributed by atoms with E-state index in [-0.39, 0.29) is 11.8 Å². The van der Waals surface area contributed by atoms with E-state index in [0.29, 0.717) is 18.0 Å². The molecule has 1 amide bonds. The maximum Gasteiger partial charge on any atom is 0.244 e. The molecular weight excluding hydrogens is 300 g/mol. The lowest BCUT2D eigenvalue weighted by Gasteiger charge is -2.36. The highest BCUT2D eigenvalue weighted by Crippen LogP contribution is 2.29. The lowest BCUT2D eigenvalue weighted by Crippen LogP contribution is -2.59. The van der Waals surface area contributed by atoms with Crippen molar-refractivity contribution in [2.24, 2.45) is 5.92 Å². The Bertz CT molecular complexity index is 672. The van der Waals surface area contributed by atoms with Gasteiger partial charge in [-0.2, -0.15) is 4.31 Å². The number of nitrogens with zero attached hydrogens (tertiary/aromatic N) is 1. The van der Waals surface area contributed by atoms with Crippen molar-refractivity contribution in [2.75, 3.05) is 13.1 Å². The van der Waals surface area contributed by atoms with E-state index in [1.165, 1.54) is 4.31 Å². The number of benzene rings is 1. The van der Waals surface area contributed by atoms with Crippen LogP contribution in [0.4, 0.5) is 0 Å². The van der Waals surface area contributed by atoms with Gasteiger partial charge >= 0.3 is 0 Å². The predicted octanol–water partition coefficient (Wildman–Crippen LogP) is 1.76. The molecule has 1 aromatic carbocycles. The van der Waals surface area contributed by atoms with Crippen LogP contribution in [0.25, 0.3) is 0 Å². The molecule has 1 fully saturated rings. The van der Waals surface area contributed by atoms with Crippen molar-refractivity contribution in [3.8, 4) is 0 Å². The Balaban J connectivity index is 2.56. The first-order chi connectivity index (χ1) is 10.2. The van der Waals surface area contributed by atoms with Gasteiger partial charge in [0.2, 0.25) is 15.9 Å². The molecule has 1 atom stereocenters. The van der Waals surface area contributed by atoms with E-state index in [9.17, 15) is 13.2 Å². The number of amides is 1. The van der Waals surface area contributed by atoms with Crippen molar-refractivity contribution in [1.29, 1.82) is 0 Å². The highest BCUT2D eigenvalue weighted by Gasteiger charge is 2.41. The second-order valence-corrected chi connectivity index (χ2v) is 8.15. The van der Waals surface area contributed by atoms with Crippen molar-refractivity contribution < 1.29 is 13.2 Å². The maximum atomic E-state index is 13.1. The third kappa shape index (κ3) is 2.90. The van der Waals surface area contributed by atoms with Gasteiger partial charge in [-0.15, -0.1) is 0 Å². The normalized spacial score (nSPS) is 20.3. The molecule has 0 bridgehead atoms. The molecule has 1 heterocycles. The Morgan fingerprint density at radius 3 is 2.23 bits per heavy atom. The molecule has 2 rings (SSSR count). The van der Waals surface area contributed by atoms with Crippen LogP contribution >= 0.6 is 0 Å². The monoisotopic (exact) mass is 324 g/mol. The first kappa shape index (κ1) is 17.0. The average Bonchev–Trinajstić information content (AvgIpc) is 2.36. The summed E-state index contributed by atoms with van der Waals surface area (Å²) in [5, 5.41) is 2.76. The van der Waals surface area contributed by atoms with E-state index < -0.39 is 16.1 Å². The molecular formula is C16H24N2O3S. The van der Waals surface area contributed by atoms with Gasteiger partial charge in [-0.25, -0.2) is 8.42 Å². The fourth-order valence-corrected chi connectivity index (χ4v) is 5.40. The molecule has 1 aliphatic rings. The van der Waals surface area contributed by atoms with Crippen LogP contribution < -0.4 is 5.32 Å². The number of nitrogens with one attached hydrogen (secondary N) is 1. The number of sulfonamides is 1. The van der Waals surface area contributed by atoms with Gasteiger partial charge in [-0.05, 0) is 37.8 Å². The molecule has 1 saturated heterocycles. The van der Waals surface area contributed by atoms with E-state index in [2.05, 4.69) is 5.32 Å². The zero-order valence-electron chi connectivity index (χ0n) is 13.8. The van der Waals surface area contributed by atoms with Crippen molar-refractivity contribution >= 4 is 15.9 Å². The van der Waals surface area contributed by atoms with E-state index in [1.807, 2.05) is 32.9 Å². The van der Waals surface area contributed by atoms with E-state index in [1.54, 1.807) is 13.8 Å². The Labute approximate surface area is 132 Å². The fourth-order valence-electron chi connectivity index (χ4n) is 3.26. The van der Waals surface area contributed by atoms with Crippen LogP contribution in [0.3, 0.4) is 0 Å². The largest absolute Gasteiger partial charge is 0.353 e. The van der Waals surface area contributed by atoms with Crippen LogP contribution in [-0.2, 0) is 14.8 Å². The Morgan fingerprint density at radius 1 is 1.18 bits per heavy atom. The molecule has 0 saturated carbocycles. The first-order valence-electron chi connectivity index (χ1n) is 7.53. The minimum absolute atomic E-state index is 0.0823. The third-order valence-corrected chi connectivity index (χ3v) is 6.20. The smallest absolute Gasteiger partial charge is 0.244 e. The first-order valence-corrected chi connectivity index (χ1v) is 8.97. The summed E-state index contributed by atoms with van der Waals surface area (Å²) in [6.45, 7) is 9.96. The zero-order valence-corrected chi connectivity index (χ0v) is 14.6. The predicted molar refractivity (Wildman–Crippen MR) is 86.2 cm³/mol. The topological polar surface area (TPSA) is 66.5 Å². The van der Waals surface area contributed by atoms with E-state index in [0.717, 1.165) is 16.7 Å². The lowest BCUT2D eigenvalue weighted by molar-refractivity contribution is -0.128. The molecule has 22 heavy (non-hydrogen) atoms. The third-order valence-electron chi connectivity index (χ3n) is 4.01. The van der Waals surface area contributed by atoms with Gasteiger partial charge in [0.25, 0.3) is 0 Å². The van der Waals surface area contributed by atoms with Crippen molar-refractivity contribution in [1.82, 2.24) is 9.62 Å². The number of carbonyl (C=O) groups excluding carboxylic acids is 1. The molecule has 5 nitrogen and oxygen atoms in total. The van der Waals surface area contributed by atoms with Gasteiger partial charge in [-0.3, -0.25) is 4.79 Å². The van der Waals surface area contributed by atoms with Crippen LogP contribution in [0.15, 0.2) is 17.0 Å². The maximum absolute atomic E-state index is 13.1. The summed E-state index contributed by atoms with van der Waals surface area (Å²) in [5.41, 5.74) is 2.49. The molecule has 122 valence electrons. The summed E-state index contributed by atoms with van der Waals surface area (Å²) in [5.74, 6) is -0.298. The van der Waals surface area contributed by atoms with Gasteiger partial charge in [0.15, 0.2) is 0 Å². The lowest BCUT2D eigenvalue weighted by atomic mass is 10.0. The second kappa shape index (κ2) is 6.01. The SMILES string of the molecule is Cc1cc(C)c(S(=O)(=O)N2CCNC(=O)C2C(C)C)c(C)c1. The van der Waals surface area contributed by atoms with Gasteiger partial charge in [0, 0.05) is 13.1 Å². The number of hydrogen-bond acceptors (Lipinski definition) is 3. The minimum Gasteiger partial charge on any atom is -0.353 e. The second-order valence-electron chi connectivity index (χ2n) is 6.32. The van der Waals surface area contributed by atoms with Gasteiger partial charge in [0.05, 0.1) is 4.90 Å². The molecule has 1 aliphatic heterocycles. The molecule has 0 aromatic heterocycles. The van der Waals surface area contributed by atoms with Crippen LogP contribution in [0.2, 0.25) is 0 Å². The summed E-state index contributed by atoms with van der Waals surface area (Å²) in [7, 11) is -3.69. The van der Waals surface area contributed by atoms with Crippen molar-refractivity contribution in [3.05, 3.63) is 28.8 Å². The molecule has 1 aromatic rings. The molecule has 0 aliphatic carbocycles. The van der Waals surface area contributed by atoms with Crippen molar-refractivity contribution in [3.63, 3.8) is 0 Å². The Kier molecular flexibility index (Phi) is 4.63. The number of hydrogen-bond donors (Lipinski definition) is 1. The van der Waals surface area contributed by atoms with Crippen molar-refractivity contribution in [2.45, 2.75) is 45.6 Å². The Morgan fingerprint density at radius 2 is 1.73 bits per heavy atom. The molecule has 0 radical (unpaired) electrons. The quantitative estimate of drug-likeness (QED) is 0.921. The zero-order chi connectivity index (χ0) is 16.7. The van der Waals surface area contributed by atoms with Gasteiger partial charge in [0.1, 0.15) is 6.04 Å². The van der Waals surface area contributed by atoms with Crippen LogP contribution in [-0.4, -0.2) is 37.8 Å². The molecule has 1 N–H and O–H groups in total. The fraction of sp³-hybridized carbons (Fsp3) is 0.562. The number of carbonyl (C=O) groups is 1. The molecule has 6 heteroatoms. The van der Waals surface area contributed by atoms with Gasteiger partial charge in [-0.1, -0.05) is 31.5 Å². The van der Waals surface area contributed by atoms with Crippen LogP contribution in [0.5, 0.6) is 0 Å². The summed E-state index contributed by atoms with van der Waals surface area (Å²) in [6, 6.07) is 3.08. The number of aryl methyl sites for hydroxylation is 3. The minimum atomic E-state index is -3.69. The summed E-state index contributed by atoms with van der Waals surface area (Å²) < 4.78 is 27.7. The average molecular weight is 324 g/mol. The summed E-state index contributed by atoms with van der Waals surface area (Å²) >= 11 is 0. The van der Waals surface area contributed by atoms with E-state index >= 15 is 0 Å².